The van der Waals surface area contributed by atoms with E-state index in [0.29, 0.717) is 5.13 Å². The van der Waals surface area contributed by atoms with E-state index in [0.717, 1.165) is 16.3 Å². The number of fused-ring (bicyclic) bond motifs is 1. The molecule has 0 saturated heterocycles. The normalized spacial score (nSPS) is 17.0. The zero-order valence-electron chi connectivity index (χ0n) is 11.3. The number of carbonyl (C=O) groups excluding carboxylic acids is 2. The molecule has 1 aromatic carbocycles. The van der Waals surface area contributed by atoms with Crippen molar-refractivity contribution in [3.63, 3.8) is 0 Å². The van der Waals surface area contributed by atoms with Crippen molar-refractivity contribution in [1.82, 2.24) is 4.98 Å². The lowest BCUT2D eigenvalue weighted by molar-refractivity contribution is -0.120. The highest BCUT2D eigenvalue weighted by atomic mass is 32.2. The maximum Gasteiger partial charge on any atom is 0.238 e. The molecule has 0 spiro atoms. The van der Waals surface area contributed by atoms with Crippen LogP contribution in [0.3, 0.4) is 0 Å². The second-order valence-corrected chi connectivity index (χ2v) is 6.74. The van der Waals surface area contributed by atoms with Gasteiger partial charge in [0.05, 0.1) is 16.6 Å². The third-order valence-electron chi connectivity index (χ3n) is 2.94. The molecule has 2 aromatic rings. The second-order valence-electron chi connectivity index (χ2n) is 4.64. The number of anilines is 2. The summed E-state index contributed by atoms with van der Waals surface area (Å²) in [6.45, 7) is 1.87. The molecule has 0 fully saturated rings. The number of para-hydroxylation sites is 1. The van der Waals surface area contributed by atoms with E-state index in [-0.39, 0.29) is 18.2 Å². The molecule has 2 amide bonds. The molecule has 1 unspecified atom stereocenters. The van der Waals surface area contributed by atoms with Gasteiger partial charge in [0.2, 0.25) is 11.8 Å². The molecule has 1 aliphatic rings. The first-order valence-corrected chi connectivity index (χ1v) is 8.16. The van der Waals surface area contributed by atoms with Gasteiger partial charge in [-0.1, -0.05) is 12.1 Å². The molecule has 1 aliphatic heterocycles. The number of amides is 2. The number of nitrogens with zero attached hydrogens (tertiary/aromatic N) is 1. The SMILES string of the molecule is Cc1csc(NC(=O)CC2Sc3ccccc3NC2=O)n1. The lowest BCUT2D eigenvalue weighted by Crippen LogP contribution is -2.32. The molecule has 7 heteroatoms. The van der Waals surface area contributed by atoms with Crippen molar-refractivity contribution >= 4 is 45.7 Å². The highest BCUT2D eigenvalue weighted by Crippen LogP contribution is 2.36. The molecule has 1 atom stereocenters. The van der Waals surface area contributed by atoms with Crippen LogP contribution in [-0.2, 0) is 9.59 Å². The van der Waals surface area contributed by atoms with Crippen molar-refractivity contribution in [2.45, 2.75) is 23.5 Å². The second kappa shape index (κ2) is 5.87. The van der Waals surface area contributed by atoms with E-state index in [9.17, 15) is 9.59 Å². The van der Waals surface area contributed by atoms with Gasteiger partial charge in [0.25, 0.3) is 0 Å². The Morgan fingerprint density at radius 3 is 3.00 bits per heavy atom. The van der Waals surface area contributed by atoms with Gasteiger partial charge in [-0.2, -0.15) is 0 Å². The summed E-state index contributed by atoms with van der Waals surface area (Å²) < 4.78 is 0. The number of hydrogen-bond donors (Lipinski definition) is 2. The summed E-state index contributed by atoms with van der Waals surface area (Å²) in [4.78, 5) is 29.2. The number of nitrogens with one attached hydrogen (secondary N) is 2. The van der Waals surface area contributed by atoms with Crippen molar-refractivity contribution in [1.29, 1.82) is 0 Å². The average Bonchev–Trinajstić information content (AvgIpc) is 2.85. The van der Waals surface area contributed by atoms with Crippen LogP contribution in [0.4, 0.5) is 10.8 Å². The Kier molecular flexibility index (Phi) is 3.94. The Bertz CT molecular complexity index is 699. The molecule has 0 radical (unpaired) electrons. The summed E-state index contributed by atoms with van der Waals surface area (Å²) in [6, 6.07) is 7.58. The van der Waals surface area contributed by atoms with Gasteiger partial charge in [0.15, 0.2) is 5.13 Å². The molecular formula is C14H13N3O2S2. The number of thioether (sulfide) groups is 1. The van der Waals surface area contributed by atoms with E-state index in [1.165, 1.54) is 23.1 Å². The van der Waals surface area contributed by atoms with Gasteiger partial charge >= 0.3 is 0 Å². The van der Waals surface area contributed by atoms with Crippen LogP contribution in [0, 0.1) is 6.92 Å². The van der Waals surface area contributed by atoms with Crippen LogP contribution in [0.2, 0.25) is 0 Å². The average molecular weight is 319 g/mol. The third kappa shape index (κ3) is 3.25. The van der Waals surface area contributed by atoms with Crippen LogP contribution in [0.15, 0.2) is 34.5 Å². The number of aryl methyl sites for hydroxylation is 1. The van der Waals surface area contributed by atoms with Gasteiger partial charge in [0, 0.05) is 16.7 Å². The zero-order chi connectivity index (χ0) is 14.8. The van der Waals surface area contributed by atoms with E-state index in [4.69, 9.17) is 0 Å². The monoisotopic (exact) mass is 319 g/mol. The van der Waals surface area contributed by atoms with Gasteiger partial charge < -0.3 is 10.6 Å². The molecule has 0 aliphatic carbocycles. The first-order valence-electron chi connectivity index (χ1n) is 6.40. The molecule has 0 bridgehead atoms. The summed E-state index contributed by atoms with van der Waals surface area (Å²) in [5, 5.41) is 7.58. The molecule has 1 aromatic heterocycles. The Morgan fingerprint density at radius 2 is 2.24 bits per heavy atom. The number of rotatable bonds is 3. The maximum absolute atomic E-state index is 12.0. The van der Waals surface area contributed by atoms with Crippen molar-refractivity contribution in [3.05, 3.63) is 35.3 Å². The van der Waals surface area contributed by atoms with Gasteiger partial charge in [-0.05, 0) is 19.1 Å². The topological polar surface area (TPSA) is 71.1 Å². The quantitative estimate of drug-likeness (QED) is 0.912. The largest absolute Gasteiger partial charge is 0.324 e. The van der Waals surface area contributed by atoms with Gasteiger partial charge in [-0.3, -0.25) is 9.59 Å². The van der Waals surface area contributed by atoms with E-state index in [1.54, 1.807) is 0 Å². The maximum atomic E-state index is 12.0. The summed E-state index contributed by atoms with van der Waals surface area (Å²) in [5.74, 6) is -0.333. The summed E-state index contributed by atoms with van der Waals surface area (Å²) in [7, 11) is 0. The minimum atomic E-state index is -0.416. The molecule has 3 rings (SSSR count). The lowest BCUT2D eigenvalue weighted by Gasteiger charge is -2.23. The number of hydrogen-bond acceptors (Lipinski definition) is 5. The predicted octanol–water partition coefficient (Wildman–Crippen LogP) is 2.89. The van der Waals surface area contributed by atoms with E-state index >= 15 is 0 Å². The molecule has 21 heavy (non-hydrogen) atoms. The van der Waals surface area contributed by atoms with E-state index in [1.807, 2.05) is 36.6 Å². The van der Waals surface area contributed by atoms with Crippen molar-refractivity contribution < 1.29 is 9.59 Å². The fraction of sp³-hybridized carbons (Fsp3) is 0.214. The van der Waals surface area contributed by atoms with Crippen LogP contribution in [0.1, 0.15) is 12.1 Å². The summed E-state index contributed by atoms with van der Waals surface area (Å²) in [6.07, 6.45) is 0.128. The van der Waals surface area contributed by atoms with E-state index in [2.05, 4.69) is 15.6 Å². The minimum absolute atomic E-state index is 0.128. The van der Waals surface area contributed by atoms with Gasteiger partial charge in [-0.25, -0.2) is 4.98 Å². The lowest BCUT2D eigenvalue weighted by atomic mass is 10.2. The van der Waals surface area contributed by atoms with Crippen molar-refractivity contribution in [3.8, 4) is 0 Å². The Labute approximate surface area is 130 Å². The molecular weight excluding hydrogens is 306 g/mol. The molecule has 0 saturated carbocycles. The van der Waals surface area contributed by atoms with Crippen LogP contribution >= 0.6 is 23.1 Å². The zero-order valence-corrected chi connectivity index (χ0v) is 12.9. The molecule has 2 heterocycles. The standard InChI is InChI=1S/C14H13N3O2S2/c1-8-7-20-14(15-8)17-12(18)6-11-13(19)16-9-4-2-3-5-10(9)21-11/h2-5,7,11H,6H2,1H3,(H,16,19)(H,15,17,18). The highest BCUT2D eigenvalue weighted by molar-refractivity contribution is 8.01. The molecule has 2 N–H and O–H groups in total. The first-order chi connectivity index (χ1) is 10.1. The van der Waals surface area contributed by atoms with Gasteiger partial charge in [0.1, 0.15) is 0 Å². The number of aromatic nitrogens is 1. The summed E-state index contributed by atoms with van der Waals surface area (Å²) in [5.41, 5.74) is 1.67. The van der Waals surface area contributed by atoms with Crippen LogP contribution in [0.25, 0.3) is 0 Å². The Morgan fingerprint density at radius 1 is 1.43 bits per heavy atom. The van der Waals surface area contributed by atoms with Crippen LogP contribution < -0.4 is 10.6 Å². The van der Waals surface area contributed by atoms with Crippen LogP contribution in [0.5, 0.6) is 0 Å². The van der Waals surface area contributed by atoms with E-state index < -0.39 is 5.25 Å². The number of benzene rings is 1. The fourth-order valence-electron chi connectivity index (χ4n) is 1.98. The molecule has 5 nitrogen and oxygen atoms in total. The Balaban J connectivity index is 1.65. The molecule has 108 valence electrons. The smallest absolute Gasteiger partial charge is 0.238 e. The third-order valence-corrected chi connectivity index (χ3v) is 5.09. The number of thiazole rings is 1. The van der Waals surface area contributed by atoms with Gasteiger partial charge in [-0.15, -0.1) is 23.1 Å². The fourth-order valence-corrected chi connectivity index (χ4v) is 3.79. The highest BCUT2D eigenvalue weighted by Gasteiger charge is 2.28. The van der Waals surface area contributed by atoms with Crippen LogP contribution in [-0.4, -0.2) is 22.0 Å². The minimum Gasteiger partial charge on any atom is -0.324 e. The Hall–Kier alpha value is -1.86. The van der Waals surface area contributed by atoms with Crippen molar-refractivity contribution in [2.24, 2.45) is 0 Å². The predicted molar refractivity (Wildman–Crippen MR) is 84.8 cm³/mol. The summed E-state index contributed by atoms with van der Waals surface area (Å²) >= 11 is 2.80. The first kappa shape index (κ1) is 14.1. The number of carbonyl (C=O) groups is 2. The van der Waals surface area contributed by atoms with Crippen molar-refractivity contribution in [2.75, 3.05) is 10.6 Å².